The van der Waals surface area contributed by atoms with Crippen LogP contribution in [0, 0.1) is 0 Å². The van der Waals surface area contributed by atoms with Crippen LogP contribution < -0.4 is 21.3 Å². The van der Waals surface area contributed by atoms with Crippen molar-refractivity contribution in [3.8, 4) is 5.75 Å². The molecule has 1 aromatic rings. The first-order chi connectivity index (χ1) is 17.0. The van der Waals surface area contributed by atoms with Crippen molar-refractivity contribution >= 4 is 35.6 Å². The van der Waals surface area contributed by atoms with Gasteiger partial charge in [0.15, 0.2) is 0 Å². The Morgan fingerprint density at radius 1 is 0.833 bits per heavy atom. The highest BCUT2D eigenvalue weighted by molar-refractivity contribution is 5.96. The summed E-state index contributed by atoms with van der Waals surface area (Å²) in [5.74, 6) is -7.29. The highest BCUT2D eigenvalue weighted by Crippen LogP contribution is 2.13. The second-order valence-corrected chi connectivity index (χ2v) is 8.24. The molecule has 1 fully saturated rings. The van der Waals surface area contributed by atoms with Gasteiger partial charge in [-0.25, -0.2) is 4.79 Å². The minimum absolute atomic E-state index is 0.0218. The lowest BCUT2D eigenvalue weighted by atomic mass is 10.0. The molecule has 0 aliphatic carbocycles. The maximum atomic E-state index is 13.1. The van der Waals surface area contributed by atoms with Crippen molar-refractivity contribution in [3.05, 3.63) is 29.8 Å². The van der Waals surface area contributed by atoms with E-state index in [0.29, 0.717) is 18.5 Å². The van der Waals surface area contributed by atoms with Gasteiger partial charge in [0.1, 0.15) is 23.9 Å². The predicted molar refractivity (Wildman–Crippen MR) is 121 cm³/mol. The van der Waals surface area contributed by atoms with E-state index in [1.54, 1.807) is 0 Å². The molecule has 1 saturated heterocycles. The van der Waals surface area contributed by atoms with E-state index in [9.17, 15) is 39.0 Å². The van der Waals surface area contributed by atoms with Gasteiger partial charge in [0.05, 0.1) is 18.9 Å². The van der Waals surface area contributed by atoms with Crippen LogP contribution in [0.1, 0.15) is 31.2 Å². The van der Waals surface area contributed by atoms with Gasteiger partial charge in [0.25, 0.3) is 0 Å². The Morgan fingerprint density at radius 3 is 1.92 bits per heavy atom. The van der Waals surface area contributed by atoms with Gasteiger partial charge >= 0.3 is 17.9 Å². The van der Waals surface area contributed by atoms with Crippen molar-refractivity contribution in [1.29, 1.82) is 0 Å². The van der Waals surface area contributed by atoms with Crippen LogP contribution in [-0.4, -0.2) is 86.8 Å². The number of aliphatic carboxylic acids is 3. The number of nitrogens with one attached hydrogen (secondary N) is 4. The lowest BCUT2D eigenvalue weighted by molar-refractivity contribution is -0.148. The van der Waals surface area contributed by atoms with E-state index >= 15 is 0 Å². The number of carboxylic acid groups (broad SMARTS) is 3. The molecule has 3 amide bonds. The van der Waals surface area contributed by atoms with E-state index in [1.165, 1.54) is 24.3 Å². The number of carbonyl (C=O) groups excluding carboxylic acids is 3. The van der Waals surface area contributed by atoms with Crippen LogP contribution in [0.3, 0.4) is 0 Å². The minimum Gasteiger partial charge on any atom is -0.508 e. The van der Waals surface area contributed by atoms with Gasteiger partial charge < -0.3 is 41.7 Å². The van der Waals surface area contributed by atoms with E-state index in [0.717, 1.165) is 6.42 Å². The molecule has 1 aromatic carbocycles. The van der Waals surface area contributed by atoms with E-state index in [2.05, 4.69) is 16.0 Å². The van der Waals surface area contributed by atoms with Crippen LogP contribution in [-0.2, 0) is 35.2 Å². The van der Waals surface area contributed by atoms with E-state index in [-0.39, 0.29) is 12.2 Å². The zero-order valence-electron chi connectivity index (χ0n) is 19.1. The molecule has 14 nitrogen and oxygen atoms in total. The molecule has 4 unspecified atom stereocenters. The zero-order valence-corrected chi connectivity index (χ0v) is 19.1. The molecule has 0 aromatic heterocycles. The van der Waals surface area contributed by atoms with Crippen LogP contribution in [0.15, 0.2) is 24.3 Å². The zero-order chi connectivity index (χ0) is 26.8. The number of rotatable bonds is 13. The Morgan fingerprint density at radius 2 is 1.39 bits per heavy atom. The van der Waals surface area contributed by atoms with Gasteiger partial charge in [0, 0.05) is 6.42 Å². The highest BCUT2D eigenvalue weighted by Gasteiger charge is 2.33. The van der Waals surface area contributed by atoms with Gasteiger partial charge in [-0.15, -0.1) is 0 Å². The van der Waals surface area contributed by atoms with Crippen molar-refractivity contribution in [2.24, 2.45) is 0 Å². The molecule has 36 heavy (non-hydrogen) atoms. The number of carbonyl (C=O) groups is 6. The summed E-state index contributed by atoms with van der Waals surface area (Å²) in [7, 11) is 0. The number of benzene rings is 1. The maximum absolute atomic E-state index is 13.1. The SMILES string of the molecule is O=C(O)CC(NC(=O)C(CC(=O)O)NC(=O)C(Cc1ccc(O)cc1)NC(=O)C1CCCN1)C(=O)O. The maximum Gasteiger partial charge on any atom is 0.326 e. The van der Waals surface area contributed by atoms with Crippen LogP contribution in [0.5, 0.6) is 5.75 Å². The summed E-state index contributed by atoms with van der Waals surface area (Å²) in [6, 6.07) is 0.382. The summed E-state index contributed by atoms with van der Waals surface area (Å²) in [5.41, 5.74) is 0.541. The molecular weight excluding hydrogens is 480 g/mol. The van der Waals surface area contributed by atoms with Gasteiger partial charge in [-0.1, -0.05) is 12.1 Å². The predicted octanol–water partition coefficient (Wildman–Crippen LogP) is -1.82. The summed E-state index contributed by atoms with van der Waals surface area (Å²) in [5, 5.41) is 46.3. The summed E-state index contributed by atoms with van der Waals surface area (Å²) in [6.07, 6.45) is -0.662. The molecule has 2 rings (SSSR count). The van der Waals surface area contributed by atoms with Crippen molar-refractivity contribution in [2.45, 2.75) is 56.3 Å². The number of carboxylic acids is 3. The van der Waals surface area contributed by atoms with Crippen LogP contribution >= 0.6 is 0 Å². The number of phenolic OH excluding ortho intramolecular Hbond substituents is 1. The van der Waals surface area contributed by atoms with Crippen molar-refractivity contribution in [1.82, 2.24) is 21.3 Å². The molecule has 8 N–H and O–H groups in total. The molecule has 1 heterocycles. The molecule has 0 bridgehead atoms. The van der Waals surface area contributed by atoms with Crippen molar-refractivity contribution in [3.63, 3.8) is 0 Å². The highest BCUT2D eigenvalue weighted by atomic mass is 16.4. The Bertz CT molecular complexity index is 991. The Hall–Kier alpha value is -4.20. The molecule has 4 atom stereocenters. The largest absolute Gasteiger partial charge is 0.508 e. The minimum atomic E-state index is -1.86. The smallest absolute Gasteiger partial charge is 0.326 e. The molecule has 196 valence electrons. The summed E-state index contributed by atoms with van der Waals surface area (Å²) >= 11 is 0. The second-order valence-electron chi connectivity index (χ2n) is 8.24. The average molecular weight is 508 g/mol. The van der Waals surface area contributed by atoms with Crippen molar-refractivity contribution in [2.75, 3.05) is 6.54 Å². The molecule has 0 radical (unpaired) electrons. The molecule has 0 spiro atoms. The summed E-state index contributed by atoms with van der Waals surface area (Å²) in [6.45, 7) is 0.620. The second kappa shape index (κ2) is 13.0. The van der Waals surface area contributed by atoms with E-state index < -0.39 is 72.6 Å². The molecular formula is C22H28N4O10. The fourth-order valence-electron chi connectivity index (χ4n) is 3.56. The number of amides is 3. The fourth-order valence-corrected chi connectivity index (χ4v) is 3.56. The molecule has 0 saturated carbocycles. The Kier molecular flexibility index (Phi) is 10.2. The average Bonchev–Trinajstić information content (AvgIpc) is 3.33. The molecule has 14 heteroatoms. The number of aromatic hydroxyl groups is 1. The first kappa shape index (κ1) is 28.0. The fraction of sp³-hybridized carbons (Fsp3) is 0.455. The summed E-state index contributed by atoms with van der Waals surface area (Å²) < 4.78 is 0. The quantitative estimate of drug-likeness (QED) is 0.148. The molecule has 1 aliphatic rings. The van der Waals surface area contributed by atoms with Gasteiger partial charge in [-0.2, -0.15) is 0 Å². The van der Waals surface area contributed by atoms with Crippen molar-refractivity contribution < 1.29 is 49.2 Å². The lowest BCUT2D eigenvalue weighted by Crippen LogP contribution is -2.58. The number of phenols is 1. The van der Waals surface area contributed by atoms with Gasteiger partial charge in [-0.05, 0) is 37.1 Å². The third kappa shape index (κ3) is 8.87. The standard InChI is InChI=1S/C22H28N4O10/c27-12-5-3-11(4-6-12)8-14(24-19(32)13-2-1-7-23-13)20(33)25-15(9-17(28)29)21(34)26-16(22(35)36)10-18(30)31/h3-6,13-16,23,27H,1-2,7-10H2,(H,24,32)(H,25,33)(H,26,34)(H,28,29)(H,30,31)(H,35,36). The van der Waals surface area contributed by atoms with Crippen LogP contribution in [0.25, 0.3) is 0 Å². The van der Waals surface area contributed by atoms with Crippen LogP contribution in [0.2, 0.25) is 0 Å². The normalized spacial score (nSPS) is 17.3. The Labute approximate surface area is 205 Å². The monoisotopic (exact) mass is 508 g/mol. The van der Waals surface area contributed by atoms with E-state index in [4.69, 9.17) is 10.2 Å². The first-order valence-corrected chi connectivity index (χ1v) is 11.0. The van der Waals surface area contributed by atoms with Gasteiger partial charge in [-0.3, -0.25) is 24.0 Å². The first-order valence-electron chi connectivity index (χ1n) is 11.0. The summed E-state index contributed by atoms with van der Waals surface area (Å²) in [4.78, 5) is 71.7. The number of hydrogen-bond acceptors (Lipinski definition) is 8. The van der Waals surface area contributed by atoms with E-state index in [1.807, 2.05) is 5.32 Å². The lowest BCUT2D eigenvalue weighted by Gasteiger charge is -2.24. The Balaban J connectivity index is 2.21. The third-order valence-electron chi connectivity index (χ3n) is 5.39. The number of hydrogen-bond donors (Lipinski definition) is 8. The topological polar surface area (TPSA) is 231 Å². The van der Waals surface area contributed by atoms with Crippen LogP contribution in [0.4, 0.5) is 0 Å². The molecule has 1 aliphatic heterocycles. The third-order valence-corrected chi connectivity index (χ3v) is 5.39. The van der Waals surface area contributed by atoms with Gasteiger partial charge in [0.2, 0.25) is 17.7 Å².